The number of rotatable bonds is 4. The summed E-state index contributed by atoms with van der Waals surface area (Å²) >= 11 is 0. The Hall–Kier alpha value is -1.10. The van der Waals surface area contributed by atoms with Crippen LogP contribution >= 0.6 is 0 Å². The molecule has 0 aromatic carbocycles. The summed E-state index contributed by atoms with van der Waals surface area (Å²) in [6.45, 7) is 5.67. The zero-order valence-corrected chi connectivity index (χ0v) is 9.27. The molecule has 0 aliphatic carbocycles. The van der Waals surface area contributed by atoms with Gasteiger partial charge in [-0.1, -0.05) is 0 Å². The van der Waals surface area contributed by atoms with Crippen molar-refractivity contribution in [2.24, 2.45) is 0 Å². The summed E-state index contributed by atoms with van der Waals surface area (Å²) in [6.07, 6.45) is 0.479. The third kappa shape index (κ3) is 1.71. The number of carboxylic acid groups (broad SMARTS) is 1. The van der Waals surface area contributed by atoms with Crippen molar-refractivity contribution in [3.63, 3.8) is 0 Å². The van der Waals surface area contributed by atoms with Gasteiger partial charge in [-0.3, -0.25) is 4.79 Å². The van der Waals surface area contributed by atoms with E-state index in [1.54, 1.807) is 20.8 Å². The van der Waals surface area contributed by atoms with E-state index in [1.165, 1.54) is 4.90 Å². The lowest BCUT2D eigenvalue weighted by atomic mass is 9.89. The second kappa shape index (κ2) is 4.18. The molecule has 86 valence electrons. The van der Waals surface area contributed by atoms with Gasteiger partial charge in [-0.15, -0.1) is 0 Å². The highest BCUT2D eigenvalue weighted by Gasteiger charge is 2.53. The minimum Gasteiger partial charge on any atom is -0.479 e. The first-order valence-electron chi connectivity index (χ1n) is 5.05. The van der Waals surface area contributed by atoms with Crippen LogP contribution in [0.5, 0.6) is 0 Å². The van der Waals surface area contributed by atoms with E-state index in [9.17, 15) is 14.7 Å². The van der Waals surface area contributed by atoms with E-state index in [4.69, 9.17) is 4.74 Å². The van der Waals surface area contributed by atoms with Crippen LogP contribution < -0.4 is 0 Å². The fourth-order valence-corrected chi connectivity index (χ4v) is 2.14. The van der Waals surface area contributed by atoms with E-state index in [0.717, 1.165) is 0 Å². The highest BCUT2D eigenvalue weighted by molar-refractivity contribution is 5.83. The third-order valence-corrected chi connectivity index (χ3v) is 3.02. The molecular formula is C10H17NO4. The van der Waals surface area contributed by atoms with Crippen LogP contribution in [-0.2, 0) is 14.3 Å². The van der Waals surface area contributed by atoms with Gasteiger partial charge >= 0.3 is 5.97 Å². The molecule has 1 fully saturated rings. The highest BCUT2D eigenvalue weighted by atomic mass is 16.5. The van der Waals surface area contributed by atoms with Gasteiger partial charge in [0.1, 0.15) is 0 Å². The van der Waals surface area contributed by atoms with Crippen molar-refractivity contribution in [3.05, 3.63) is 0 Å². The van der Waals surface area contributed by atoms with Gasteiger partial charge in [0, 0.05) is 19.1 Å². The molecule has 2 unspecified atom stereocenters. The quantitative estimate of drug-likeness (QED) is 0.693. The Labute approximate surface area is 89.0 Å². The smallest absolute Gasteiger partial charge is 0.332 e. The van der Waals surface area contributed by atoms with E-state index in [0.29, 0.717) is 19.4 Å². The van der Waals surface area contributed by atoms with Gasteiger partial charge in [-0.25, -0.2) is 4.79 Å². The molecule has 1 saturated heterocycles. The van der Waals surface area contributed by atoms with Gasteiger partial charge in [0.2, 0.25) is 6.41 Å². The molecule has 1 aliphatic heterocycles. The number of nitrogens with zero attached hydrogens (tertiary/aromatic N) is 1. The Kier molecular flexibility index (Phi) is 3.34. The minimum absolute atomic E-state index is 0.150. The minimum atomic E-state index is -1.20. The fraction of sp³-hybridized carbons (Fsp3) is 0.800. The number of carbonyl (C=O) groups excluding carboxylic acids is 1. The second-order valence-electron chi connectivity index (χ2n) is 4.10. The van der Waals surface area contributed by atoms with Gasteiger partial charge < -0.3 is 14.7 Å². The van der Waals surface area contributed by atoms with Crippen LogP contribution in [-0.4, -0.2) is 46.7 Å². The molecular weight excluding hydrogens is 198 g/mol. The molecule has 0 aromatic rings. The number of carboxylic acids is 1. The summed E-state index contributed by atoms with van der Waals surface area (Å²) in [7, 11) is 0. The molecule has 0 saturated carbocycles. The maximum absolute atomic E-state index is 11.4. The summed E-state index contributed by atoms with van der Waals surface area (Å²) in [4.78, 5) is 23.7. The van der Waals surface area contributed by atoms with Crippen LogP contribution in [0.1, 0.15) is 27.2 Å². The Morgan fingerprint density at radius 3 is 2.53 bits per heavy atom. The van der Waals surface area contributed by atoms with Crippen LogP contribution in [0.2, 0.25) is 0 Å². The summed E-state index contributed by atoms with van der Waals surface area (Å²) in [5, 5.41) is 9.30. The summed E-state index contributed by atoms with van der Waals surface area (Å²) in [5.74, 6) is -0.992. The topological polar surface area (TPSA) is 66.8 Å². The average molecular weight is 215 g/mol. The van der Waals surface area contributed by atoms with Crippen molar-refractivity contribution in [2.75, 3.05) is 6.61 Å². The number of aliphatic carboxylic acids is 1. The standard InChI is InChI=1S/C10H17NO4/c1-7(2)11(6-12)10(9(13)14)4-5-15-8(10)3/h6-8H,4-5H2,1-3H3,(H,13,14). The molecule has 1 aliphatic rings. The molecule has 15 heavy (non-hydrogen) atoms. The lowest BCUT2D eigenvalue weighted by Gasteiger charge is -2.39. The molecule has 5 nitrogen and oxygen atoms in total. The number of ether oxygens (including phenoxy) is 1. The fourth-order valence-electron chi connectivity index (χ4n) is 2.14. The van der Waals surface area contributed by atoms with Crippen LogP contribution in [0, 0.1) is 0 Å². The van der Waals surface area contributed by atoms with Gasteiger partial charge in [0.05, 0.1) is 6.10 Å². The molecule has 0 spiro atoms. The van der Waals surface area contributed by atoms with Crippen LogP contribution in [0.3, 0.4) is 0 Å². The summed E-state index contributed by atoms with van der Waals surface area (Å²) in [6, 6.07) is -0.150. The monoisotopic (exact) mass is 215 g/mol. The molecule has 1 rings (SSSR count). The molecule has 0 bridgehead atoms. The molecule has 1 heterocycles. The first-order valence-corrected chi connectivity index (χ1v) is 5.05. The number of carbonyl (C=O) groups is 2. The highest BCUT2D eigenvalue weighted by Crippen LogP contribution is 2.33. The van der Waals surface area contributed by atoms with Gasteiger partial charge in [-0.05, 0) is 20.8 Å². The van der Waals surface area contributed by atoms with E-state index in [2.05, 4.69) is 0 Å². The lowest BCUT2D eigenvalue weighted by molar-refractivity contribution is -0.160. The van der Waals surface area contributed by atoms with Crippen molar-refractivity contribution in [1.82, 2.24) is 4.90 Å². The zero-order valence-electron chi connectivity index (χ0n) is 9.27. The third-order valence-electron chi connectivity index (χ3n) is 3.02. The van der Waals surface area contributed by atoms with Crippen molar-refractivity contribution in [2.45, 2.75) is 44.9 Å². The van der Waals surface area contributed by atoms with Gasteiger partial charge in [-0.2, -0.15) is 0 Å². The first-order chi connectivity index (χ1) is 6.96. The Morgan fingerprint density at radius 1 is 1.67 bits per heavy atom. The Balaban J connectivity index is 3.10. The number of hydrogen-bond donors (Lipinski definition) is 1. The van der Waals surface area contributed by atoms with Crippen LogP contribution in [0.4, 0.5) is 0 Å². The molecule has 1 amide bonds. The van der Waals surface area contributed by atoms with Crippen LogP contribution in [0.25, 0.3) is 0 Å². The first kappa shape index (κ1) is 12.0. The van der Waals surface area contributed by atoms with Crippen molar-refractivity contribution in [1.29, 1.82) is 0 Å². The van der Waals surface area contributed by atoms with Gasteiger partial charge in [0.15, 0.2) is 5.54 Å². The maximum Gasteiger partial charge on any atom is 0.332 e. The summed E-state index contributed by atoms with van der Waals surface area (Å²) in [5.41, 5.74) is -1.20. The molecule has 1 N–H and O–H groups in total. The van der Waals surface area contributed by atoms with E-state index in [-0.39, 0.29) is 6.04 Å². The Morgan fingerprint density at radius 2 is 2.27 bits per heavy atom. The predicted octanol–water partition coefficient (Wildman–Crippen LogP) is 0.485. The number of amides is 1. The van der Waals surface area contributed by atoms with E-state index < -0.39 is 17.6 Å². The molecule has 0 aromatic heterocycles. The molecule has 0 radical (unpaired) electrons. The average Bonchev–Trinajstić information content (AvgIpc) is 2.49. The zero-order chi connectivity index (χ0) is 11.6. The summed E-state index contributed by atoms with van der Waals surface area (Å²) < 4.78 is 5.28. The number of hydrogen-bond acceptors (Lipinski definition) is 3. The second-order valence-corrected chi connectivity index (χ2v) is 4.10. The predicted molar refractivity (Wildman–Crippen MR) is 53.4 cm³/mol. The molecule has 2 atom stereocenters. The van der Waals surface area contributed by atoms with E-state index in [1.807, 2.05) is 0 Å². The van der Waals surface area contributed by atoms with Crippen molar-refractivity contribution < 1.29 is 19.4 Å². The van der Waals surface area contributed by atoms with Crippen molar-refractivity contribution in [3.8, 4) is 0 Å². The maximum atomic E-state index is 11.4. The normalized spacial score (nSPS) is 30.5. The van der Waals surface area contributed by atoms with Crippen molar-refractivity contribution >= 4 is 12.4 Å². The largest absolute Gasteiger partial charge is 0.479 e. The van der Waals surface area contributed by atoms with Crippen LogP contribution in [0.15, 0.2) is 0 Å². The SMILES string of the molecule is CC(C)N(C=O)C1(C(=O)O)CCOC1C. The van der Waals surface area contributed by atoms with E-state index >= 15 is 0 Å². The lowest BCUT2D eigenvalue weighted by Crippen LogP contribution is -2.60. The van der Waals surface area contributed by atoms with Gasteiger partial charge in [0.25, 0.3) is 0 Å². The Bertz CT molecular complexity index is 266. The molecule has 5 heteroatoms.